The van der Waals surface area contributed by atoms with Gasteiger partial charge < -0.3 is 27.2 Å². The lowest BCUT2D eigenvalue weighted by molar-refractivity contribution is -0.00000705. The molecule has 0 fully saturated rings. The Morgan fingerprint density at radius 1 is 0.906 bits per heavy atom. The van der Waals surface area contributed by atoms with Gasteiger partial charge in [0, 0.05) is 39.6 Å². The van der Waals surface area contributed by atoms with Crippen molar-refractivity contribution in [3.05, 3.63) is 88.1 Å². The molecule has 2 aromatic heterocycles. The van der Waals surface area contributed by atoms with Crippen molar-refractivity contribution in [2.45, 2.75) is 19.7 Å². The molecule has 2 aromatic carbocycles. The summed E-state index contributed by atoms with van der Waals surface area (Å²) >= 11 is 0. The van der Waals surface area contributed by atoms with E-state index in [9.17, 15) is 4.79 Å². The smallest absolute Gasteiger partial charge is 0.328 e. The maximum Gasteiger partial charge on any atom is 0.328 e. The number of aryl methyl sites for hydroxylation is 2. The third-order valence-corrected chi connectivity index (χ3v) is 5.34. The third kappa shape index (κ3) is 4.95. The van der Waals surface area contributed by atoms with Gasteiger partial charge in [-0.1, -0.05) is 18.2 Å². The monoisotopic (exact) mass is 453 g/mol. The van der Waals surface area contributed by atoms with E-state index in [1.807, 2.05) is 54.7 Å². The molecule has 7 nitrogen and oxygen atoms in total. The van der Waals surface area contributed by atoms with Crippen molar-refractivity contribution >= 4 is 11.0 Å². The SMILES string of the molecule is COc1cc(CNCc2cccnc2)ccc1OCc1ccc2c(c1)n(C)c(=O)n2C.[Cl-]. The standard InChI is InChI=1S/C24H26N4O3.ClH/c1-27-20-8-6-18(11-21(20)28(2)24(27)29)16-31-22-9-7-17(12-23(22)30-3)13-26-15-19-5-4-10-25-14-19;/h4-12,14,26H,13,15-16H2,1-3H3;1H/p-1. The molecule has 0 saturated heterocycles. The molecule has 0 aliphatic heterocycles. The van der Waals surface area contributed by atoms with Gasteiger partial charge in [-0.3, -0.25) is 14.1 Å². The number of ether oxygens (including phenoxy) is 2. The Kier molecular flexibility index (Phi) is 7.56. The Balaban J connectivity index is 0.00000289. The van der Waals surface area contributed by atoms with Gasteiger partial charge in [0.2, 0.25) is 0 Å². The molecule has 0 atom stereocenters. The molecule has 32 heavy (non-hydrogen) atoms. The number of aromatic nitrogens is 3. The molecule has 0 bridgehead atoms. The summed E-state index contributed by atoms with van der Waals surface area (Å²) < 4.78 is 14.8. The van der Waals surface area contributed by atoms with Crippen molar-refractivity contribution in [1.82, 2.24) is 19.4 Å². The molecule has 2 heterocycles. The molecule has 0 spiro atoms. The molecule has 0 saturated carbocycles. The predicted molar refractivity (Wildman–Crippen MR) is 120 cm³/mol. The van der Waals surface area contributed by atoms with Crippen LogP contribution >= 0.6 is 0 Å². The Hall–Kier alpha value is -3.29. The number of fused-ring (bicyclic) bond motifs is 1. The minimum atomic E-state index is -0.0394. The van der Waals surface area contributed by atoms with Crippen LogP contribution in [0.4, 0.5) is 0 Å². The number of methoxy groups -OCH3 is 1. The lowest BCUT2D eigenvalue weighted by atomic mass is 10.2. The zero-order valence-corrected chi connectivity index (χ0v) is 19.1. The van der Waals surface area contributed by atoms with E-state index in [1.54, 1.807) is 36.5 Å². The van der Waals surface area contributed by atoms with Crippen LogP contribution in [0.1, 0.15) is 16.7 Å². The van der Waals surface area contributed by atoms with E-state index in [0.717, 1.165) is 34.3 Å². The molecular formula is C24H26ClN4O3-. The minimum Gasteiger partial charge on any atom is -1.00 e. The van der Waals surface area contributed by atoms with E-state index in [-0.39, 0.29) is 18.1 Å². The van der Waals surface area contributed by atoms with Crippen LogP contribution in [0.3, 0.4) is 0 Å². The van der Waals surface area contributed by atoms with Crippen LogP contribution in [0.15, 0.2) is 65.7 Å². The van der Waals surface area contributed by atoms with Crippen LogP contribution < -0.4 is 32.9 Å². The summed E-state index contributed by atoms with van der Waals surface area (Å²) in [5, 5.41) is 3.41. The lowest BCUT2D eigenvalue weighted by Gasteiger charge is -2.13. The van der Waals surface area contributed by atoms with Crippen molar-refractivity contribution in [1.29, 1.82) is 0 Å². The fourth-order valence-corrected chi connectivity index (χ4v) is 3.60. The first kappa shape index (κ1) is 23.4. The topological polar surface area (TPSA) is 70.3 Å². The van der Waals surface area contributed by atoms with Gasteiger partial charge in [-0.2, -0.15) is 0 Å². The summed E-state index contributed by atoms with van der Waals surface area (Å²) in [5.74, 6) is 1.37. The number of imidazole rings is 1. The zero-order valence-electron chi connectivity index (χ0n) is 18.3. The second-order valence-electron chi connectivity index (χ2n) is 7.46. The van der Waals surface area contributed by atoms with E-state index in [1.165, 1.54) is 0 Å². The molecule has 168 valence electrons. The quantitative estimate of drug-likeness (QED) is 0.411. The van der Waals surface area contributed by atoms with Crippen LogP contribution in [0, 0.1) is 0 Å². The maximum atomic E-state index is 12.1. The summed E-state index contributed by atoms with van der Waals surface area (Å²) in [7, 11) is 5.19. The minimum absolute atomic E-state index is 0. The summed E-state index contributed by atoms with van der Waals surface area (Å²) in [6, 6.07) is 15.8. The summed E-state index contributed by atoms with van der Waals surface area (Å²) in [6.07, 6.45) is 3.63. The van der Waals surface area contributed by atoms with E-state index in [0.29, 0.717) is 24.7 Å². The Morgan fingerprint density at radius 3 is 2.41 bits per heavy atom. The molecule has 0 unspecified atom stereocenters. The Bertz CT molecular complexity index is 1250. The Morgan fingerprint density at radius 2 is 1.66 bits per heavy atom. The molecule has 0 aliphatic carbocycles. The van der Waals surface area contributed by atoms with Gasteiger partial charge in [0.15, 0.2) is 11.5 Å². The van der Waals surface area contributed by atoms with Gasteiger partial charge in [-0.15, -0.1) is 0 Å². The highest BCUT2D eigenvalue weighted by molar-refractivity contribution is 5.76. The molecule has 0 radical (unpaired) electrons. The van der Waals surface area contributed by atoms with Crippen molar-refractivity contribution in [2.75, 3.05) is 7.11 Å². The number of hydrogen-bond acceptors (Lipinski definition) is 5. The van der Waals surface area contributed by atoms with E-state index in [4.69, 9.17) is 9.47 Å². The van der Waals surface area contributed by atoms with E-state index >= 15 is 0 Å². The largest absolute Gasteiger partial charge is 1.00 e. The number of benzene rings is 2. The first-order valence-corrected chi connectivity index (χ1v) is 10.1. The van der Waals surface area contributed by atoms with Gasteiger partial charge in [0.05, 0.1) is 18.1 Å². The van der Waals surface area contributed by atoms with Crippen molar-refractivity contribution in [3.8, 4) is 11.5 Å². The summed E-state index contributed by atoms with van der Waals surface area (Å²) in [5.41, 5.74) is 4.98. The molecular weight excluding hydrogens is 428 g/mol. The number of halogens is 1. The van der Waals surface area contributed by atoms with Crippen LogP contribution in [0.2, 0.25) is 0 Å². The Labute approximate surface area is 193 Å². The zero-order chi connectivity index (χ0) is 21.8. The summed E-state index contributed by atoms with van der Waals surface area (Å²) in [4.78, 5) is 16.2. The average Bonchev–Trinajstić information content (AvgIpc) is 3.02. The van der Waals surface area contributed by atoms with Gasteiger partial charge in [-0.05, 0) is 47.0 Å². The van der Waals surface area contributed by atoms with Gasteiger partial charge >= 0.3 is 5.69 Å². The first-order valence-electron chi connectivity index (χ1n) is 10.1. The first-order chi connectivity index (χ1) is 15.1. The van der Waals surface area contributed by atoms with Crippen LogP contribution in [0.5, 0.6) is 11.5 Å². The van der Waals surface area contributed by atoms with Crippen molar-refractivity contribution in [3.63, 3.8) is 0 Å². The van der Waals surface area contributed by atoms with Gasteiger partial charge in [0.1, 0.15) is 6.61 Å². The predicted octanol–water partition coefficient (Wildman–Crippen LogP) is 0.153. The molecule has 4 rings (SSSR count). The van der Waals surface area contributed by atoms with Crippen molar-refractivity contribution in [2.24, 2.45) is 14.1 Å². The second-order valence-corrected chi connectivity index (χ2v) is 7.46. The fourth-order valence-electron chi connectivity index (χ4n) is 3.60. The molecule has 0 aliphatic rings. The number of rotatable bonds is 8. The molecule has 0 amide bonds. The van der Waals surface area contributed by atoms with Gasteiger partial charge in [0.25, 0.3) is 0 Å². The van der Waals surface area contributed by atoms with Crippen molar-refractivity contribution < 1.29 is 21.9 Å². The number of nitrogens with zero attached hydrogens (tertiary/aromatic N) is 3. The van der Waals surface area contributed by atoms with Crippen LogP contribution in [-0.4, -0.2) is 21.2 Å². The number of pyridine rings is 1. The maximum absolute atomic E-state index is 12.1. The average molecular weight is 454 g/mol. The highest BCUT2D eigenvalue weighted by Crippen LogP contribution is 2.29. The van der Waals surface area contributed by atoms with E-state index < -0.39 is 0 Å². The summed E-state index contributed by atoms with van der Waals surface area (Å²) in [6.45, 7) is 1.84. The lowest BCUT2D eigenvalue weighted by Crippen LogP contribution is -3.00. The van der Waals surface area contributed by atoms with Crippen LogP contribution in [0.25, 0.3) is 11.0 Å². The van der Waals surface area contributed by atoms with Gasteiger partial charge in [-0.25, -0.2) is 4.79 Å². The van der Waals surface area contributed by atoms with E-state index in [2.05, 4.69) is 10.3 Å². The highest BCUT2D eigenvalue weighted by Gasteiger charge is 2.10. The normalized spacial score (nSPS) is 10.7. The number of nitrogens with one attached hydrogen (secondary N) is 1. The fraction of sp³-hybridized carbons (Fsp3) is 0.250. The molecule has 8 heteroatoms. The third-order valence-electron chi connectivity index (χ3n) is 5.34. The molecule has 1 N–H and O–H groups in total. The van der Waals surface area contributed by atoms with Crippen LogP contribution in [-0.2, 0) is 33.8 Å². The molecule has 4 aromatic rings. The highest BCUT2D eigenvalue weighted by atomic mass is 35.5. The second kappa shape index (κ2) is 10.3. The number of hydrogen-bond donors (Lipinski definition) is 1.